The summed E-state index contributed by atoms with van der Waals surface area (Å²) in [6.45, 7) is 3.76. The van der Waals surface area contributed by atoms with E-state index in [0.29, 0.717) is 12.5 Å². The molecule has 0 unspecified atom stereocenters. The van der Waals surface area contributed by atoms with Crippen LogP contribution in [0.25, 0.3) is 0 Å². The molecule has 210 valence electrons. The van der Waals surface area contributed by atoms with E-state index in [2.05, 4.69) is 4.90 Å². The molecule has 39 heavy (non-hydrogen) atoms. The van der Waals surface area contributed by atoms with Crippen molar-refractivity contribution in [3.63, 3.8) is 0 Å². The highest BCUT2D eigenvalue weighted by Crippen LogP contribution is 2.52. The van der Waals surface area contributed by atoms with Gasteiger partial charge in [-0.3, -0.25) is 24.2 Å². The molecule has 10 nitrogen and oxygen atoms in total. The number of hydrogen-bond donors (Lipinski definition) is 5. The highest BCUT2D eigenvalue weighted by Gasteiger charge is 2.63. The minimum absolute atomic E-state index is 0.0191. The Balaban J connectivity index is 1.61. The number of carbonyl (C=O) groups excluding carboxylic acids is 3. The summed E-state index contributed by atoms with van der Waals surface area (Å²) in [5.74, 6) is -7.53. The Kier molecular flexibility index (Phi) is 6.60. The molecule has 1 amide bonds. The number of phenolic OH excluding ortho intramolecular Hbond substituents is 1. The number of amides is 1. The fraction of sp³-hybridized carbons (Fsp3) is 0.536. The predicted octanol–water partition coefficient (Wildman–Crippen LogP) is 1.49. The Labute approximate surface area is 225 Å². The van der Waals surface area contributed by atoms with E-state index in [1.807, 2.05) is 6.92 Å². The smallest absolute Gasteiger partial charge is 0.255 e. The number of fused-ring (bicyclic) bond motifs is 3. The molecule has 6 N–H and O–H groups in total. The molecule has 1 saturated carbocycles. The number of aliphatic hydroxyl groups is 3. The lowest BCUT2D eigenvalue weighted by Gasteiger charge is -2.50. The first-order valence-electron chi connectivity index (χ1n) is 13.2. The van der Waals surface area contributed by atoms with Gasteiger partial charge in [0.25, 0.3) is 5.91 Å². The van der Waals surface area contributed by atoms with Crippen LogP contribution in [0.1, 0.15) is 47.7 Å². The molecule has 0 heterocycles. The van der Waals surface area contributed by atoms with Gasteiger partial charge < -0.3 is 26.2 Å². The van der Waals surface area contributed by atoms with E-state index in [4.69, 9.17) is 5.73 Å². The van der Waals surface area contributed by atoms with E-state index in [1.54, 1.807) is 14.1 Å². The van der Waals surface area contributed by atoms with Gasteiger partial charge in [-0.05, 0) is 64.2 Å². The molecule has 1 aromatic carbocycles. The maximum Gasteiger partial charge on any atom is 0.255 e. The third-order valence-electron chi connectivity index (χ3n) is 8.79. The summed E-state index contributed by atoms with van der Waals surface area (Å²) in [7, 11) is 3.11. The zero-order chi connectivity index (χ0) is 28.5. The monoisotopic (exact) mass is 543 g/mol. The zero-order valence-electron chi connectivity index (χ0n) is 22.2. The van der Waals surface area contributed by atoms with Gasteiger partial charge in [0.1, 0.15) is 28.7 Å². The SMILES string of the molecule is CCN(Cc1cc(O)c2c(c1F)C[C@H]1C[C@H]3[C@H](N(C)C)C(O)=C(C(N)=O)C(=O)[C@@]3(O)C(O)=C1C2=O)CC1CC1. The van der Waals surface area contributed by atoms with Crippen molar-refractivity contribution in [2.75, 3.05) is 27.2 Å². The number of phenols is 1. The number of hydrogen-bond acceptors (Lipinski definition) is 9. The predicted molar refractivity (Wildman–Crippen MR) is 137 cm³/mol. The Morgan fingerprint density at radius 3 is 2.44 bits per heavy atom. The molecule has 11 heteroatoms. The summed E-state index contributed by atoms with van der Waals surface area (Å²) in [6.07, 6.45) is 2.12. The molecule has 0 aliphatic heterocycles. The number of rotatable bonds is 7. The first-order valence-corrected chi connectivity index (χ1v) is 13.2. The largest absolute Gasteiger partial charge is 0.510 e. The highest BCUT2D eigenvalue weighted by atomic mass is 19.1. The van der Waals surface area contributed by atoms with Gasteiger partial charge >= 0.3 is 0 Å². The number of nitrogens with zero attached hydrogens (tertiary/aromatic N) is 2. The second kappa shape index (κ2) is 9.42. The number of likely N-dealkylation sites (N-methyl/N-ethyl adjacent to an activating group) is 1. The number of allylic oxidation sites excluding steroid dienone is 1. The van der Waals surface area contributed by atoms with Crippen molar-refractivity contribution in [3.05, 3.63) is 51.2 Å². The Bertz CT molecular complexity index is 1350. The van der Waals surface area contributed by atoms with Gasteiger partial charge in [0, 0.05) is 35.7 Å². The van der Waals surface area contributed by atoms with E-state index >= 15 is 4.39 Å². The summed E-state index contributed by atoms with van der Waals surface area (Å²) in [4.78, 5) is 42.6. The third kappa shape index (κ3) is 4.06. The van der Waals surface area contributed by atoms with Gasteiger partial charge in [-0.1, -0.05) is 6.92 Å². The minimum atomic E-state index is -2.72. The highest BCUT2D eigenvalue weighted by molar-refractivity contribution is 6.24. The van der Waals surface area contributed by atoms with E-state index < -0.39 is 69.6 Å². The number of benzene rings is 1. The standard InChI is InChI=1S/C28H34FN3O7/c1-4-32(10-12-5-6-12)11-14-9-17(33)19-15(21(14)29)7-13-8-16-22(31(2)3)24(35)20(27(30)38)26(37)28(16,39)25(36)18(13)23(19)34/h9,12-13,16,22,33,35-36,39H,4-8,10-11H2,1-3H3,(H2,30,38)/t13-,16-,22-,28-/m0/s1. The molecule has 0 bridgehead atoms. The second-order valence-electron chi connectivity index (χ2n) is 11.5. The number of aromatic hydroxyl groups is 1. The van der Waals surface area contributed by atoms with Gasteiger partial charge in [-0.2, -0.15) is 0 Å². The van der Waals surface area contributed by atoms with Crippen LogP contribution < -0.4 is 5.73 Å². The number of primary amides is 1. The lowest BCUT2D eigenvalue weighted by Crippen LogP contribution is -2.63. The molecule has 0 spiro atoms. The van der Waals surface area contributed by atoms with Crippen molar-refractivity contribution in [1.82, 2.24) is 9.80 Å². The van der Waals surface area contributed by atoms with Crippen molar-refractivity contribution in [2.45, 2.75) is 50.8 Å². The Hall–Kier alpha value is -3.28. The van der Waals surface area contributed by atoms with Crippen molar-refractivity contribution >= 4 is 17.5 Å². The van der Waals surface area contributed by atoms with Gasteiger partial charge in [-0.25, -0.2) is 4.39 Å². The lowest BCUT2D eigenvalue weighted by atomic mass is 9.58. The fourth-order valence-electron chi connectivity index (χ4n) is 6.68. The van der Waals surface area contributed by atoms with Crippen LogP contribution in [-0.2, 0) is 22.6 Å². The normalized spacial score (nSPS) is 28.6. The van der Waals surface area contributed by atoms with Gasteiger partial charge in [-0.15, -0.1) is 0 Å². The summed E-state index contributed by atoms with van der Waals surface area (Å²) in [5.41, 5.74) is 1.41. The van der Waals surface area contributed by atoms with E-state index in [0.717, 1.165) is 19.4 Å². The van der Waals surface area contributed by atoms with Gasteiger partial charge in [0.2, 0.25) is 5.78 Å². The zero-order valence-corrected chi connectivity index (χ0v) is 22.2. The van der Waals surface area contributed by atoms with Gasteiger partial charge in [0.15, 0.2) is 11.4 Å². The number of carbonyl (C=O) groups is 3. The number of aliphatic hydroxyl groups excluding tert-OH is 2. The van der Waals surface area contributed by atoms with Crippen molar-refractivity contribution < 1.29 is 39.2 Å². The number of Topliss-reactive ketones (excluding diaryl/α,β-unsaturated/α-hetero) is 2. The van der Waals surface area contributed by atoms with Crippen LogP contribution in [0, 0.1) is 23.6 Å². The minimum Gasteiger partial charge on any atom is -0.510 e. The molecule has 0 radical (unpaired) electrons. The lowest BCUT2D eigenvalue weighted by molar-refractivity contribution is -0.148. The maximum absolute atomic E-state index is 15.9. The Morgan fingerprint density at radius 1 is 1.21 bits per heavy atom. The number of nitrogens with two attached hydrogens (primary N) is 1. The molecular weight excluding hydrogens is 509 g/mol. The summed E-state index contributed by atoms with van der Waals surface area (Å²) in [6, 6.07) is 0.125. The Morgan fingerprint density at radius 2 is 1.87 bits per heavy atom. The van der Waals surface area contributed by atoms with Crippen LogP contribution >= 0.6 is 0 Å². The molecule has 0 aromatic heterocycles. The molecule has 4 aliphatic rings. The average Bonchev–Trinajstić information content (AvgIpc) is 3.67. The first-order chi connectivity index (χ1) is 18.3. The molecular formula is C28H34FN3O7. The summed E-state index contributed by atoms with van der Waals surface area (Å²) in [5, 5.41) is 44.6. The molecule has 4 aliphatic carbocycles. The molecule has 1 aromatic rings. The average molecular weight is 544 g/mol. The quantitative estimate of drug-likeness (QED) is 0.321. The number of halogens is 1. The molecule has 1 fully saturated rings. The van der Waals surface area contributed by atoms with E-state index in [-0.39, 0.29) is 41.6 Å². The van der Waals surface area contributed by atoms with Crippen molar-refractivity contribution in [2.24, 2.45) is 23.5 Å². The van der Waals surface area contributed by atoms with E-state index in [9.17, 15) is 34.8 Å². The molecule has 0 saturated heterocycles. The number of ketones is 2. The van der Waals surface area contributed by atoms with Crippen molar-refractivity contribution in [1.29, 1.82) is 0 Å². The summed E-state index contributed by atoms with van der Waals surface area (Å²) < 4.78 is 15.9. The van der Waals surface area contributed by atoms with Crippen LogP contribution in [-0.4, -0.2) is 86.5 Å². The van der Waals surface area contributed by atoms with Crippen LogP contribution in [0.15, 0.2) is 28.7 Å². The third-order valence-corrected chi connectivity index (χ3v) is 8.79. The topological polar surface area (TPSA) is 165 Å². The van der Waals surface area contributed by atoms with Crippen LogP contribution in [0.2, 0.25) is 0 Å². The fourth-order valence-corrected chi connectivity index (χ4v) is 6.68. The maximum atomic E-state index is 15.9. The van der Waals surface area contributed by atoms with Crippen molar-refractivity contribution in [3.8, 4) is 5.75 Å². The summed E-state index contributed by atoms with van der Waals surface area (Å²) >= 11 is 0. The van der Waals surface area contributed by atoms with Crippen LogP contribution in [0.5, 0.6) is 5.75 Å². The molecule has 4 atom stereocenters. The molecule has 5 rings (SSSR count). The van der Waals surface area contributed by atoms with Gasteiger partial charge in [0.05, 0.1) is 11.6 Å². The van der Waals surface area contributed by atoms with Crippen LogP contribution in [0.3, 0.4) is 0 Å². The van der Waals surface area contributed by atoms with E-state index in [1.165, 1.54) is 11.0 Å². The second-order valence-corrected chi connectivity index (χ2v) is 11.5. The van der Waals surface area contributed by atoms with Crippen LogP contribution in [0.4, 0.5) is 4.39 Å². The first kappa shape index (κ1) is 27.3.